The summed E-state index contributed by atoms with van der Waals surface area (Å²) < 4.78 is 5.36. The molecule has 0 aliphatic rings. The van der Waals surface area contributed by atoms with Crippen molar-refractivity contribution in [3.63, 3.8) is 0 Å². The summed E-state index contributed by atoms with van der Waals surface area (Å²) in [7, 11) is 1.69. The molecule has 5 rings (SSSR count). The Morgan fingerprint density at radius 3 is 2.08 bits per heavy atom. The number of aromatic nitrogens is 2. The summed E-state index contributed by atoms with van der Waals surface area (Å²) in [6, 6.07) is 27.9. The zero-order valence-corrected chi connectivity index (χ0v) is 19.8. The number of carbonyl (C=O) groups is 2. The molecule has 179 valence electrons. The van der Waals surface area contributed by atoms with Gasteiger partial charge in [-0.1, -0.05) is 90.1 Å². The van der Waals surface area contributed by atoms with Crippen molar-refractivity contribution >= 4 is 33.4 Å². The number of benzene rings is 4. The standard InChI is InChI=1S/C29H25N4O3/c1-33(26(34)15-12-19-10-13-21-6-2-4-8-23(21)16-19)25(29-31-28(27(30)35)32-36-29)18-20-11-14-22-7-3-5-9-24(22)17-20/h2-11,13-17,25H,12,18H2,1H3,(H2,30,35)/t25-/m1/s1. The molecule has 2 amide bonds. The highest BCUT2D eigenvalue weighted by atomic mass is 16.5. The Bertz CT molecular complexity index is 1560. The maximum Gasteiger partial charge on any atom is 0.290 e. The molecule has 7 nitrogen and oxygen atoms in total. The van der Waals surface area contributed by atoms with E-state index in [4.69, 9.17) is 10.3 Å². The monoisotopic (exact) mass is 477 g/mol. The molecular weight excluding hydrogens is 452 g/mol. The first-order valence-electron chi connectivity index (χ1n) is 11.7. The Kier molecular flexibility index (Phi) is 6.45. The van der Waals surface area contributed by atoms with E-state index < -0.39 is 11.9 Å². The fourth-order valence-electron chi connectivity index (χ4n) is 4.32. The highest BCUT2D eigenvalue weighted by molar-refractivity contribution is 5.89. The van der Waals surface area contributed by atoms with E-state index in [0.29, 0.717) is 12.8 Å². The second-order valence-electron chi connectivity index (χ2n) is 8.76. The lowest BCUT2D eigenvalue weighted by atomic mass is 10.00. The predicted molar refractivity (Wildman–Crippen MR) is 138 cm³/mol. The average molecular weight is 478 g/mol. The minimum Gasteiger partial charge on any atom is -0.363 e. The van der Waals surface area contributed by atoms with E-state index in [1.807, 2.05) is 54.6 Å². The summed E-state index contributed by atoms with van der Waals surface area (Å²) in [6.07, 6.45) is 2.55. The fraction of sp³-hybridized carbons (Fsp3) is 0.138. The third-order valence-electron chi connectivity index (χ3n) is 6.33. The van der Waals surface area contributed by atoms with E-state index in [1.54, 1.807) is 18.4 Å². The van der Waals surface area contributed by atoms with Gasteiger partial charge in [0.2, 0.25) is 11.8 Å². The van der Waals surface area contributed by atoms with Crippen LogP contribution in [0.4, 0.5) is 0 Å². The van der Waals surface area contributed by atoms with Crippen molar-refractivity contribution < 1.29 is 14.1 Å². The Morgan fingerprint density at radius 1 is 0.889 bits per heavy atom. The van der Waals surface area contributed by atoms with Crippen molar-refractivity contribution in [3.8, 4) is 0 Å². The first kappa shape index (κ1) is 23.2. The van der Waals surface area contributed by atoms with Gasteiger partial charge in [-0.2, -0.15) is 4.98 Å². The molecule has 36 heavy (non-hydrogen) atoms. The van der Waals surface area contributed by atoms with E-state index in [-0.39, 0.29) is 17.6 Å². The van der Waals surface area contributed by atoms with Crippen LogP contribution in [0.25, 0.3) is 21.5 Å². The minimum atomic E-state index is -0.786. The van der Waals surface area contributed by atoms with Crippen LogP contribution in [0.1, 0.15) is 33.7 Å². The maximum absolute atomic E-state index is 13.2. The molecule has 1 heterocycles. The van der Waals surface area contributed by atoms with E-state index in [2.05, 4.69) is 40.5 Å². The van der Waals surface area contributed by atoms with Gasteiger partial charge in [0, 0.05) is 13.5 Å². The lowest BCUT2D eigenvalue weighted by Crippen LogP contribution is -2.33. The highest BCUT2D eigenvalue weighted by Gasteiger charge is 2.28. The Balaban J connectivity index is 1.37. The molecule has 0 unspecified atom stereocenters. The number of nitrogens with two attached hydrogens (primary N) is 1. The van der Waals surface area contributed by atoms with Crippen LogP contribution in [0.2, 0.25) is 0 Å². The number of likely N-dealkylation sites (N-methyl/N-ethyl adjacent to an activating group) is 1. The van der Waals surface area contributed by atoms with Gasteiger partial charge in [0.1, 0.15) is 6.04 Å². The molecule has 0 bridgehead atoms. The first-order valence-corrected chi connectivity index (χ1v) is 11.7. The molecule has 0 aliphatic heterocycles. The molecule has 0 fully saturated rings. The van der Waals surface area contributed by atoms with Gasteiger partial charge in [-0.15, -0.1) is 0 Å². The summed E-state index contributed by atoms with van der Waals surface area (Å²) in [5.41, 5.74) is 7.35. The van der Waals surface area contributed by atoms with Crippen LogP contribution in [0.15, 0.2) is 89.5 Å². The Labute approximate surface area is 208 Å². The van der Waals surface area contributed by atoms with Crippen LogP contribution in [-0.2, 0) is 17.6 Å². The first-order chi connectivity index (χ1) is 17.5. The number of rotatable bonds is 8. The van der Waals surface area contributed by atoms with Crippen molar-refractivity contribution in [3.05, 3.63) is 114 Å². The normalized spacial score (nSPS) is 12.0. The van der Waals surface area contributed by atoms with Crippen molar-refractivity contribution in [2.24, 2.45) is 5.73 Å². The number of nitrogens with zero attached hydrogens (tertiary/aromatic N) is 3. The Hall–Kier alpha value is -4.52. The van der Waals surface area contributed by atoms with Crippen LogP contribution in [0.3, 0.4) is 0 Å². The number of fused-ring (bicyclic) bond motifs is 2. The largest absolute Gasteiger partial charge is 0.363 e. The molecule has 0 saturated carbocycles. The number of carbonyl (C=O) groups excluding carboxylic acids is 2. The number of amides is 2. The number of hydrogen-bond donors (Lipinski definition) is 1. The number of hydrogen-bond acceptors (Lipinski definition) is 5. The molecule has 4 aromatic carbocycles. The lowest BCUT2D eigenvalue weighted by Gasteiger charge is -2.25. The average Bonchev–Trinajstić information content (AvgIpc) is 3.40. The second kappa shape index (κ2) is 10.00. The molecule has 0 aliphatic carbocycles. The van der Waals surface area contributed by atoms with Gasteiger partial charge in [0.15, 0.2) is 0 Å². The molecule has 7 heteroatoms. The van der Waals surface area contributed by atoms with E-state index >= 15 is 0 Å². The van der Waals surface area contributed by atoms with Crippen molar-refractivity contribution in [1.82, 2.24) is 15.0 Å². The van der Waals surface area contributed by atoms with Gasteiger partial charge in [0.05, 0.1) is 6.42 Å². The quantitative estimate of drug-likeness (QED) is 0.350. The Morgan fingerprint density at radius 2 is 1.47 bits per heavy atom. The predicted octanol–water partition coefficient (Wildman–Crippen LogP) is 4.66. The van der Waals surface area contributed by atoms with Crippen LogP contribution in [0.5, 0.6) is 0 Å². The van der Waals surface area contributed by atoms with Gasteiger partial charge in [-0.25, -0.2) is 0 Å². The van der Waals surface area contributed by atoms with Gasteiger partial charge in [0.25, 0.3) is 11.7 Å². The van der Waals surface area contributed by atoms with Crippen LogP contribution < -0.4 is 5.73 Å². The SMILES string of the molecule is CN(C(=O)[CH]Cc1ccc2ccccc2c1)[C@H](Cc1ccc2ccccc2c1)c1nc(C(N)=O)no1. The molecule has 1 aromatic heterocycles. The topological polar surface area (TPSA) is 102 Å². The zero-order valence-electron chi connectivity index (χ0n) is 19.8. The van der Waals surface area contributed by atoms with E-state index in [9.17, 15) is 9.59 Å². The molecule has 1 atom stereocenters. The second-order valence-corrected chi connectivity index (χ2v) is 8.76. The molecule has 1 radical (unpaired) electrons. The van der Waals surface area contributed by atoms with Gasteiger partial charge in [-0.3, -0.25) is 9.59 Å². The number of primary amides is 1. The molecule has 0 spiro atoms. The zero-order chi connectivity index (χ0) is 25.1. The fourth-order valence-corrected chi connectivity index (χ4v) is 4.32. The third kappa shape index (κ3) is 4.95. The maximum atomic E-state index is 13.2. The highest BCUT2D eigenvalue weighted by Crippen LogP contribution is 2.26. The van der Waals surface area contributed by atoms with Crippen LogP contribution >= 0.6 is 0 Å². The molecule has 0 saturated heterocycles. The van der Waals surface area contributed by atoms with Crippen molar-refractivity contribution in [2.75, 3.05) is 7.05 Å². The summed E-state index contributed by atoms with van der Waals surface area (Å²) in [4.78, 5) is 30.5. The molecule has 5 aromatic rings. The smallest absolute Gasteiger partial charge is 0.290 e. The summed E-state index contributed by atoms with van der Waals surface area (Å²) in [5.74, 6) is -1.03. The molecule has 2 N–H and O–H groups in total. The van der Waals surface area contributed by atoms with E-state index in [0.717, 1.165) is 32.7 Å². The van der Waals surface area contributed by atoms with Crippen LogP contribution in [0, 0.1) is 6.42 Å². The van der Waals surface area contributed by atoms with Crippen molar-refractivity contribution in [1.29, 1.82) is 0 Å². The van der Waals surface area contributed by atoms with Gasteiger partial charge >= 0.3 is 0 Å². The van der Waals surface area contributed by atoms with Gasteiger partial charge < -0.3 is 15.2 Å². The van der Waals surface area contributed by atoms with Crippen molar-refractivity contribution in [2.45, 2.75) is 18.9 Å². The van der Waals surface area contributed by atoms with E-state index in [1.165, 1.54) is 0 Å². The minimum absolute atomic E-state index is 0.159. The molecular formula is C29H25N4O3. The van der Waals surface area contributed by atoms with Gasteiger partial charge in [-0.05, 0) is 39.1 Å². The lowest BCUT2D eigenvalue weighted by molar-refractivity contribution is -0.129. The van der Waals surface area contributed by atoms with Crippen LogP contribution in [-0.4, -0.2) is 33.9 Å². The third-order valence-corrected chi connectivity index (χ3v) is 6.33. The summed E-state index contributed by atoms with van der Waals surface area (Å²) in [5, 5.41) is 8.18. The summed E-state index contributed by atoms with van der Waals surface area (Å²) >= 11 is 0. The summed E-state index contributed by atoms with van der Waals surface area (Å²) in [6.45, 7) is 0.